The van der Waals surface area contributed by atoms with Gasteiger partial charge in [0.05, 0.1) is 5.92 Å². The van der Waals surface area contributed by atoms with E-state index in [1.807, 2.05) is 54.5 Å². The molecule has 4 nitrogen and oxygen atoms in total. The molecular weight excluding hydrogens is 322 g/mol. The molecule has 138 valence electrons. The number of carbonyl (C=O) groups excluding carboxylic acids is 1. The molecule has 1 unspecified atom stereocenters. The lowest BCUT2D eigenvalue weighted by Gasteiger charge is -2.47. The highest BCUT2D eigenvalue weighted by Crippen LogP contribution is 2.24. The topological polar surface area (TPSA) is 36.4 Å². The molecule has 1 atom stereocenters. The highest BCUT2D eigenvalue weighted by atomic mass is 16.2. The molecule has 0 saturated carbocycles. The fraction of sp³-hybridized carbons (Fsp3) is 0.455. The molecule has 1 aromatic heterocycles. The predicted molar refractivity (Wildman–Crippen MR) is 105 cm³/mol. The van der Waals surface area contributed by atoms with Crippen LogP contribution >= 0.6 is 0 Å². The number of pyridine rings is 1. The average molecular weight is 351 g/mol. The Bertz CT molecular complexity index is 696. The number of benzene rings is 1. The SMILES string of the molecule is CC(C)CN(Cc1ccncc1)C1CN(C(=O)C(C)c2ccccc2)C1. The van der Waals surface area contributed by atoms with E-state index in [2.05, 4.69) is 35.9 Å². The van der Waals surface area contributed by atoms with Crippen molar-refractivity contribution in [1.29, 1.82) is 0 Å². The first-order chi connectivity index (χ1) is 12.5. The monoisotopic (exact) mass is 351 g/mol. The number of likely N-dealkylation sites (tertiary alicyclic amines) is 1. The molecule has 0 radical (unpaired) electrons. The molecule has 1 aliphatic heterocycles. The molecule has 0 spiro atoms. The Hall–Kier alpha value is -2.20. The summed E-state index contributed by atoms with van der Waals surface area (Å²) in [5, 5.41) is 0. The number of aromatic nitrogens is 1. The van der Waals surface area contributed by atoms with Gasteiger partial charge < -0.3 is 4.90 Å². The second-order valence-corrected chi connectivity index (χ2v) is 7.71. The zero-order valence-corrected chi connectivity index (χ0v) is 16.0. The summed E-state index contributed by atoms with van der Waals surface area (Å²) in [6, 6.07) is 14.6. The molecule has 4 heteroatoms. The third-order valence-corrected chi connectivity index (χ3v) is 5.10. The Kier molecular flexibility index (Phi) is 6.04. The van der Waals surface area contributed by atoms with E-state index in [4.69, 9.17) is 0 Å². The van der Waals surface area contributed by atoms with Gasteiger partial charge in [-0.25, -0.2) is 0 Å². The summed E-state index contributed by atoms with van der Waals surface area (Å²) in [6.45, 7) is 10.1. The fourth-order valence-electron chi connectivity index (χ4n) is 3.56. The van der Waals surface area contributed by atoms with Gasteiger partial charge in [-0.2, -0.15) is 0 Å². The van der Waals surface area contributed by atoms with Crippen LogP contribution in [0.1, 0.15) is 37.8 Å². The maximum Gasteiger partial charge on any atom is 0.229 e. The molecule has 1 fully saturated rings. The van der Waals surface area contributed by atoms with Crippen LogP contribution in [0, 0.1) is 5.92 Å². The highest BCUT2D eigenvalue weighted by molar-refractivity contribution is 5.84. The van der Waals surface area contributed by atoms with Crippen LogP contribution in [-0.4, -0.2) is 46.4 Å². The number of hydrogen-bond acceptors (Lipinski definition) is 3. The lowest BCUT2D eigenvalue weighted by Crippen LogP contribution is -2.61. The van der Waals surface area contributed by atoms with Gasteiger partial charge in [0.1, 0.15) is 0 Å². The van der Waals surface area contributed by atoms with Crippen LogP contribution in [0.4, 0.5) is 0 Å². The number of hydrogen-bond donors (Lipinski definition) is 0. The summed E-state index contributed by atoms with van der Waals surface area (Å²) in [6.07, 6.45) is 3.70. The second kappa shape index (κ2) is 8.45. The quantitative estimate of drug-likeness (QED) is 0.765. The Morgan fingerprint density at radius 1 is 1.12 bits per heavy atom. The lowest BCUT2D eigenvalue weighted by atomic mass is 9.96. The van der Waals surface area contributed by atoms with Crippen molar-refractivity contribution in [2.45, 2.75) is 39.3 Å². The number of amides is 1. The fourth-order valence-corrected chi connectivity index (χ4v) is 3.56. The normalized spacial score (nSPS) is 16.0. The van der Waals surface area contributed by atoms with Gasteiger partial charge in [-0.05, 0) is 36.1 Å². The van der Waals surface area contributed by atoms with Crippen LogP contribution in [-0.2, 0) is 11.3 Å². The zero-order chi connectivity index (χ0) is 18.5. The molecular formula is C22H29N3O. The van der Waals surface area contributed by atoms with Crippen LogP contribution < -0.4 is 0 Å². The first kappa shape index (κ1) is 18.6. The van der Waals surface area contributed by atoms with Crippen LogP contribution in [0.3, 0.4) is 0 Å². The van der Waals surface area contributed by atoms with Gasteiger partial charge in [-0.15, -0.1) is 0 Å². The summed E-state index contributed by atoms with van der Waals surface area (Å²) in [7, 11) is 0. The van der Waals surface area contributed by atoms with E-state index in [1.54, 1.807) is 0 Å². The molecule has 1 amide bonds. The van der Waals surface area contributed by atoms with E-state index < -0.39 is 0 Å². The van der Waals surface area contributed by atoms with Gasteiger partial charge in [0.2, 0.25) is 5.91 Å². The van der Waals surface area contributed by atoms with Gasteiger partial charge in [0.15, 0.2) is 0 Å². The molecule has 1 aromatic carbocycles. The Morgan fingerprint density at radius 3 is 2.38 bits per heavy atom. The number of nitrogens with zero attached hydrogens (tertiary/aromatic N) is 3. The number of carbonyl (C=O) groups is 1. The maximum atomic E-state index is 12.8. The van der Waals surface area contributed by atoms with Crippen LogP contribution in [0.5, 0.6) is 0 Å². The van der Waals surface area contributed by atoms with Crippen molar-refractivity contribution in [2.75, 3.05) is 19.6 Å². The van der Waals surface area contributed by atoms with E-state index in [-0.39, 0.29) is 11.8 Å². The van der Waals surface area contributed by atoms with Crippen molar-refractivity contribution in [3.8, 4) is 0 Å². The molecule has 0 N–H and O–H groups in total. The van der Waals surface area contributed by atoms with E-state index >= 15 is 0 Å². The van der Waals surface area contributed by atoms with E-state index in [9.17, 15) is 4.79 Å². The summed E-state index contributed by atoms with van der Waals surface area (Å²) in [5.41, 5.74) is 2.37. The molecule has 0 aliphatic carbocycles. The molecule has 26 heavy (non-hydrogen) atoms. The minimum absolute atomic E-state index is 0.0732. The van der Waals surface area contributed by atoms with Crippen molar-refractivity contribution in [3.63, 3.8) is 0 Å². The van der Waals surface area contributed by atoms with Crippen LogP contribution in [0.2, 0.25) is 0 Å². The standard InChI is InChI=1S/C22H29N3O/c1-17(2)13-24(14-19-9-11-23-12-10-19)21-15-25(16-21)22(26)18(3)20-7-5-4-6-8-20/h4-12,17-18,21H,13-16H2,1-3H3. The molecule has 1 saturated heterocycles. The maximum absolute atomic E-state index is 12.8. The summed E-state index contributed by atoms with van der Waals surface area (Å²) in [5.74, 6) is 0.765. The first-order valence-electron chi connectivity index (χ1n) is 9.51. The minimum Gasteiger partial charge on any atom is -0.339 e. The van der Waals surface area contributed by atoms with E-state index in [0.717, 1.165) is 31.7 Å². The first-order valence-corrected chi connectivity index (χ1v) is 9.51. The number of rotatable bonds is 7. The van der Waals surface area contributed by atoms with E-state index in [0.29, 0.717) is 12.0 Å². The second-order valence-electron chi connectivity index (χ2n) is 7.71. The van der Waals surface area contributed by atoms with E-state index in [1.165, 1.54) is 5.56 Å². The van der Waals surface area contributed by atoms with Gasteiger partial charge in [0, 0.05) is 44.6 Å². The Balaban J connectivity index is 1.59. The van der Waals surface area contributed by atoms with Gasteiger partial charge in [-0.3, -0.25) is 14.7 Å². The third kappa shape index (κ3) is 4.50. The van der Waals surface area contributed by atoms with Crippen molar-refractivity contribution >= 4 is 5.91 Å². The lowest BCUT2D eigenvalue weighted by molar-refractivity contribution is -0.140. The Labute approximate surface area is 156 Å². The molecule has 1 aliphatic rings. The van der Waals surface area contributed by atoms with Crippen LogP contribution in [0.15, 0.2) is 54.9 Å². The Morgan fingerprint density at radius 2 is 1.77 bits per heavy atom. The van der Waals surface area contributed by atoms with Gasteiger partial charge in [-0.1, -0.05) is 44.2 Å². The summed E-state index contributed by atoms with van der Waals surface area (Å²) >= 11 is 0. The van der Waals surface area contributed by atoms with Gasteiger partial charge >= 0.3 is 0 Å². The predicted octanol–water partition coefficient (Wildman–Crippen LogP) is 3.55. The molecule has 0 bridgehead atoms. The van der Waals surface area contributed by atoms with Gasteiger partial charge in [0.25, 0.3) is 0 Å². The smallest absolute Gasteiger partial charge is 0.229 e. The van der Waals surface area contributed by atoms with Crippen molar-refractivity contribution < 1.29 is 4.79 Å². The van der Waals surface area contributed by atoms with Crippen molar-refractivity contribution in [2.24, 2.45) is 5.92 Å². The molecule has 2 heterocycles. The summed E-state index contributed by atoms with van der Waals surface area (Å²) in [4.78, 5) is 21.4. The molecule has 2 aromatic rings. The minimum atomic E-state index is -0.0732. The summed E-state index contributed by atoms with van der Waals surface area (Å²) < 4.78 is 0. The van der Waals surface area contributed by atoms with Crippen molar-refractivity contribution in [1.82, 2.24) is 14.8 Å². The largest absolute Gasteiger partial charge is 0.339 e. The average Bonchev–Trinajstić information content (AvgIpc) is 2.60. The van der Waals surface area contributed by atoms with Crippen molar-refractivity contribution in [3.05, 3.63) is 66.0 Å². The van der Waals surface area contributed by atoms with Crippen LogP contribution in [0.25, 0.3) is 0 Å². The highest BCUT2D eigenvalue weighted by Gasteiger charge is 2.36. The third-order valence-electron chi connectivity index (χ3n) is 5.10. The molecule has 3 rings (SSSR count). The zero-order valence-electron chi connectivity index (χ0n) is 16.0.